The highest BCUT2D eigenvalue weighted by atomic mass is 16.5. The van der Waals surface area contributed by atoms with Crippen LogP contribution in [0.1, 0.15) is 53.3 Å². The molecule has 2 nitrogen and oxygen atoms in total. The van der Waals surface area contributed by atoms with Gasteiger partial charge in [0.1, 0.15) is 6.10 Å². The van der Waals surface area contributed by atoms with E-state index in [2.05, 4.69) is 6.07 Å². The molecule has 3 rings (SSSR count). The maximum absolute atomic E-state index is 11.6. The smallest absolute Gasteiger partial charge is 0.339 e. The van der Waals surface area contributed by atoms with Crippen LogP contribution in [-0.2, 0) is 11.2 Å². The molecule has 1 aliphatic heterocycles. The van der Waals surface area contributed by atoms with Crippen molar-refractivity contribution in [1.82, 2.24) is 0 Å². The fourth-order valence-corrected chi connectivity index (χ4v) is 2.67. The van der Waals surface area contributed by atoms with Crippen molar-refractivity contribution in [2.45, 2.75) is 38.2 Å². The zero-order chi connectivity index (χ0) is 10.3. The largest absolute Gasteiger partial charge is 0.454 e. The Bertz CT molecular complexity index is 409. The first-order valence-corrected chi connectivity index (χ1v) is 5.69. The van der Waals surface area contributed by atoms with E-state index < -0.39 is 0 Å². The van der Waals surface area contributed by atoms with Gasteiger partial charge in [0.15, 0.2) is 0 Å². The van der Waals surface area contributed by atoms with Gasteiger partial charge in [-0.15, -0.1) is 0 Å². The minimum Gasteiger partial charge on any atom is -0.454 e. The highest BCUT2D eigenvalue weighted by molar-refractivity contribution is 5.94. The molecule has 2 heteroatoms. The molecule has 0 radical (unpaired) electrons. The van der Waals surface area contributed by atoms with Gasteiger partial charge in [0.25, 0.3) is 0 Å². The predicted molar refractivity (Wildman–Crippen MR) is 56.8 cm³/mol. The Balaban J connectivity index is 2.14. The van der Waals surface area contributed by atoms with Crippen molar-refractivity contribution in [3.63, 3.8) is 0 Å². The first-order valence-electron chi connectivity index (χ1n) is 5.69. The van der Waals surface area contributed by atoms with Crippen LogP contribution in [-0.4, -0.2) is 5.97 Å². The van der Waals surface area contributed by atoms with Gasteiger partial charge < -0.3 is 4.74 Å². The number of carbonyl (C=O) groups excluding carboxylic acids is 1. The molecule has 1 heterocycles. The van der Waals surface area contributed by atoms with Gasteiger partial charge in [-0.3, -0.25) is 0 Å². The molecule has 1 aromatic rings. The Morgan fingerprint density at radius 1 is 1.20 bits per heavy atom. The fraction of sp³-hybridized carbons (Fsp3) is 0.462. The van der Waals surface area contributed by atoms with Crippen LogP contribution in [0.15, 0.2) is 18.2 Å². The van der Waals surface area contributed by atoms with Gasteiger partial charge in [0.05, 0.1) is 5.56 Å². The highest BCUT2D eigenvalue weighted by Crippen LogP contribution is 2.38. The zero-order valence-corrected chi connectivity index (χ0v) is 8.66. The highest BCUT2D eigenvalue weighted by Gasteiger charge is 2.33. The molecule has 0 saturated carbocycles. The third kappa shape index (κ3) is 1.36. The topological polar surface area (TPSA) is 26.3 Å². The molecule has 0 N–H and O–H groups in total. The van der Waals surface area contributed by atoms with Crippen LogP contribution >= 0.6 is 0 Å². The quantitative estimate of drug-likeness (QED) is 0.604. The molecule has 1 aliphatic carbocycles. The summed E-state index contributed by atoms with van der Waals surface area (Å²) in [5.74, 6) is -0.126. The second-order valence-corrected chi connectivity index (χ2v) is 4.37. The van der Waals surface area contributed by atoms with Crippen molar-refractivity contribution in [2.75, 3.05) is 0 Å². The second-order valence-electron chi connectivity index (χ2n) is 4.37. The van der Waals surface area contributed by atoms with Crippen LogP contribution in [0.3, 0.4) is 0 Å². The van der Waals surface area contributed by atoms with E-state index in [1.807, 2.05) is 12.1 Å². The number of esters is 1. The molecular weight excluding hydrogens is 188 g/mol. The average molecular weight is 202 g/mol. The van der Waals surface area contributed by atoms with Gasteiger partial charge in [-0.25, -0.2) is 4.79 Å². The van der Waals surface area contributed by atoms with Gasteiger partial charge in [-0.1, -0.05) is 18.6 Å². The molecule has 2 aliphatic rings. The fourth-order valence-electron chi connectivity index (χ4n) is 2.67. The number of hydrogen-bond donors (Lipinski definition) is 0. The lowest BCUT2D eigenvalue weighted by molar-refractivity contribution is 0.0360. The third-order valence-corrected chi connectivity index (χ3v) is 3.40. The van der Waals surface area contributed by atoms with Crippen LogP contribution in [0.4, 0.5) is 0 Å². The summed E-state index contributed by atoms with van der Waals surface area (Å²) < 4.78 is 5.41. The summed E-state index contributed by atoms with van der Waals surface area (Å²) in [6, 6.07) is 6.00. The van der Waals surface area contributed by atoms with Crippen molar-refractivity contribution in [3.8, 4) is 0 Å². The van der Waals surface area contributed by atoms with Crippen molar-refractivity contribution >= 4 is 5.97 Å². The Morgan fingerprint density at radius 3 is 3.07 bits per heavy atom. The van der Waals surface area contributed by atoms with E-state index in [4.69, 9.17) is 4.74 Å². The molecule has 1 unspecified atom stereocenters. The Kier molecular flexibility index (Phi) is 2.01. The first-order chi connectivity index (χ1) is 7.36. The maximum Gasteiger partial charge on any atom is 0.339 e. The molecule has 0 aromatic heterocycles. The number of ether oxygens (including phenoxy) is 1. The molecule has 78 valence electrons. The molecule has 0 bridgehead atoms. The van der Waals surface area contributed by atoms with E-state index in [-0.39, 0.29) is 12.1 Å². The summed E-state index contributed by atoms with van der Waals surface area (Å²) >= 11 is 0. The van der Waals surface area contributed by atoms with Crippen LogP contribution in [0.5, 0.6) is 0 Å². The molecule has 15 heavy (non-hydrogen) atoms. The van der Waals surface area contributed by atoms with Gasteiger partial charge >= 0.3 is 5.97 Å². The van der Waals surface area contributed by atoms with Gasteiger partial charge in [-0.05, 0) is 37.3 Å². The molecular formula is C13H14O2. The molecule has 1 atom stereocenters. The molecule has 0 spiro atoms. The lowest BCUT2D eigenvalue weighted by Crippen LogP contribution is -2.04. The summed E-state index contributed by atoms with van der Waals surface area (Å²) in [7, 11) is 0. The van der Waals surface area contributed by atoms with Crippen molar-refractivity contribution in [2.24, 2.45) is 0 Å². The molecule has 0 amide bonds. The Labute approximate surface area is 89.2 Å². The standard InChI is InChI=1S/C13H14O2/c14-13-10-7-4-6-9-5-2-1-3-8-11(15-13)12(9)10/h4,6-7,11H,1-3,5,8H2. The van der Waals surface area contributed by atoms with Crippen LogP contribution in [0.25, 0.3) is 0 Å². The van der Waals surface area contributed by atoms with Crippen molar-refractivity contribution < 1.29 is 9.53 Å². The van der Waals surface area contributed by atoms with E-state index in [1.165, 1.54) is 30.4 Å². The summed E-state index contributed by atoms with van der Waals surface area (Å²) in [5, 5.41) is 0. The van der Waals surface area contributed by atoms with E-state index in [0.29, 0.717) is 0 Å². The first kappa shape index (κ1) is 8.96. The summed E-state index contributed by atoms with van der Waals surface area (Å²) in [5.41, 5.74) is 3.31. The molecule has 1 aromatic carbocycles. The SMILES string of the molecule is O=C1OC2CCCCCc3cccc1c32. The van der Waals surface area contributed by atoms with E-state index >= 15 is 0 Å². The predicted octanol–water partition coefficient (Wildman–Crippen LogP) is 3.01. The van der Waals surface area contributed by atoms with E-state index in [1.54, 1.807) is 0 Å². The number of carbonyl (C=O) groups is 1. The second kappa shape index (κ2) is 3.37. The van der Waals surface area contributed by atoms with E-state index in [9.17, 15) is 4.79 Å². The Hall–Kier alpha value is -1.31. The summed E-state index contributed by atoms with van der Waals surface area (Å²) in [4.78, 5) is 11.6. The lowest BCUT2D eigenvalue weighted by Gasteiger charge is -2.17. The summed E-state index contributed by atoms with van der Waals surface area (Å²) in [6.45, 7) is 0. The summed E-state index contributed by atoms with van der Waals surface area (Å²) in [6.07, 6.45) is 5.79. The minimum atomic E-state index is -0.126. The van der Waals surface area contributed by atoms with E-state index in [0.717, 1.165) is 18.4 Å². The number of aryl methyl sites for hydroxylation is 1. The average Bonchev–Trinajstić information content (AvgIpc) is 2.53. The Morgan fingerprint density at radius 2 is 2.13 bits per heavy atom. The normalized spacial score (nSPS) is 24.0. The number of benzene rings is 1. The zero-order valence-electron chi connectivity index (χ0n) is 8.66. The van der Waals surface area contributed by atoms with Gasteiger partial charge in [0.2, 0.25) is 0 Å². The molecule has 0 saturated heterocycles. The van der Waals surface area contributed by atoms with Crippen LogP contribution in [0, 0.1) is 0 Å². The monoisotopic (exact) mass is 202 g/mol. The van der Waals surface area contributed by atoms with Crippen molar-refractivity contribution in [1.29, 1.82) is 0 Å². The number of hydrogen-bond acceptors (Lipinski definition) is 2. The lowest BCUT2D eigenvalue weighted by atomic mass is 9.90. The maximum atomic E-state index is 11.6. The van der Waals surface area contributed by atoms with Gasteiger partial charge in [0, 0.05) is 5.56 Å². The van der Waals surface area contributed by atoms with Gasteiger partial charge in [-0.2, -0.15) is 0 Å². The minimum absolute atomic E-state index is 0.0454. The number of rotatable bonds is 0. The van der Waals surface area contributed by atoms with Crippen LogP contribution < -0.4 is 0 Å². The molecule has 0 fully saturated rings. The van der Waals surface area contributed by atoms with Crippen molar-refractivity contribution in [3.05, 3.63) is 34.9 Å². The third-order valence-electron chi connectivity index (χ3n) is 3.40. The van der Waals surface area contributed by atoms with Crippen LogP contribution in [0.2, 0.25) is 0 Å².